The predicted molar refractivity (Wildman–Crippen MR) is 56.4 cm³/mol. The van der Waals surface area contributed by atoms with E-state index in [1.807, 2.05) is 0 Å². The zero-order valence-corrected chi connectivity index (χ0v) is 8.84. The summed E-state index contributed by atoms with van der Waals surface area (Å²) in [4.78, 5) is 0. The van der Waals surface area contributed by atoms with Gasteiger partial charge in [-0.05, 0) is 37.5 Å². The molecule has 1 nitrogen and oxygen atoms in total. The third-order valence-corrected chi connectivity index (χ3v) is 4.22. The van der Waals surface area contributed by atoms with Gasteiger partial charge in [0.25, 0.3) is 0 Å². The molecule has 13 heavy (non-hydrogen) atoms. The monoisotopic (exact) mass is 181 g/mol. The summed E-state index contributed by atoms with van der Waals surface area (Å²) >= 11 is 0. The number of rotatable bonds is 1. The zero-order valence-electron chi connectivity index (χ0n) is 8.84. The second-order valence-electron chi connectivity index (χ2n) is 5.33. The van der Waals surface area contributed by atoms with Crippen molar-refractivity contribution in [2.75, 3.05) is 0 Å². The van der Waals surface area contributed by atoms with Crippen LogP contribution < -0.4 is 5.73 Å². The smallest absolute Gasteiger partial charge is 0.00389 e. The summed E-state index contributed by atoms with van der Waals surface area (Å²) in [6, 6.07) is 0.432. The molecular formula is C12H23N. The quantitative estimate of drug-likeness (QED) is 0.661. The van der Waals surface area contributed by atoms with Crippen LogP contribution in [0.1, 0.15) is 51.9 Å². The summed E-state index contributed by atoms with van der Waals surface area (Å²) in [6.07, 6.45) is 10.3. The minimum Gasteiger partial charge on any atom is -0.328 e. The van der Waals surface area contributed by atoms with Gasteiger partial charge in [0.15, 0.2) is 0 Å². The molecule has 0 spiro atoms. The van der Waals surface area contributed by atoms with Crippen molar-refractivity contribution in [2.45, 2.75) is 57.9 Å². The van der Waals surface area contributed by atoms with Crippen molar-refractivity contribution in [3.05, 3.63) is 0 Å². The van der Waals surface area contributed by atoms with Gasteiger partial charge in [-0.2, -0.15) is 0 Å². The van der Waals surface area contributed by atoms with Crippen LogP contribution in [0.2, 0.25) is 0 Å². The first kappa shape index (κ1) is 9.51. The topological polar surface area (TPSA) is 26.0 Å². The maximum Gasteiger partial charge on any atom is 0.00389 e. The lowest BCUT2D eigenvalue weighted by Crippen LogP contribution is -2.29. The first-order valence-corrected chi connectivity index (χ1v) is 6.01. The highest BCUT2D eigenvalue weighted by molar-refractivity contribution is 4.83. The number of hydrogen-bond acceptors (Lipinski definition) is 1. The van der Waals surface area contributed by atoms with Crippen LogP contribution in [-0.4, -0.2) is 6.04 Å². The Bertz CT molecular complexity index is 151. The molecule has 0 saturated heterocycles. The first-order valence-electron chi connectivity index (χ1n) is 6.01. The molecule has 2 fully saturated rings. The molecule has 2 bridgehead atoms. The molecule has 2 aliphatic rings. The van der Waals surface area contributed by atoms with E-state index in [0.717, 1.165) is 17.8 Å². The van der Waals surface area contributed by atoms with Crippen molar-refractivity contribution in [3.8, 4) is 0 Å². The number of nitrogens with two attached hydrogens (primary N) is 1. The summed E-state index contributed by atoms with van der Waals surface area (Å²) < 4.78 is 0. The molecule has 0 aromatic rings. The van der Waals surface area contributed by atoms with Gasteiger partial charge in [-0.15, -0.1) is 0 Å². The van der Waals surface area contributed by atoms with Gasteiger partial charge in [0.05, 0.1) is 0 Å². The lowest BCUT2D eigenvalue weighted by Gasteiger charge is -2.27. The van der Waals surface area contributed by atoms with E-state index in [0.29, 0.717) is 6.04 Å². The maximum absolute atomic E-state index is 6.04. The van der Waals surface area contributed by atoms with E-state index in [4.69, 9.17) is 5.73 Å². The van der Waals surface area contributed by atoms with Gasteiger partial charge in [0.2, 0.25) is 0 Å². The molecule has 0 heterocycles. The fourth-order valence-corrected chi connectivity index (χ4v) is 3.31. The molecule has 3 unspecified atom stereocenters. The first-order chi connectivity index (χ1) is 6.25. The van der Waals surface area contributed by atoms with Crippen LogP contribution in [-0.2, 0) is 0 Å². The Morgan fingerprint density at radius 2 is 1.54 bits per heavy atom. The average Bonchev–Trinajstić information content (AvgIpc) is 2.34. The molecule has 0 aromatic heterocycles. The minimum absolute atomic E-state index is 0.432. The Labute approximate surface area is 82.1 Å². The number of hydrogen-bond donors (Lipinski definition) is 1. The van der Waals surface area contributed by atoms with Crippen molar-refractivity contribution >= 4 is 0 Å². The van der Waals surface area contributed by atoms with Gasteiger partial charge < -0.3 is 5.73 Å². The van der Waals surface area contributed by atoms with Crippen molar-refractivity contribution in [2.24, 2.45) is 23.5 Å². The summed E-state index contributed by atoms with van der Waals surface area (Å²) in [5, 5.41) is 0. The highest BCUT2D eigenvalue weighted by atomic mass is 14.6. The molecule has 1 heteroatoms. The fourth-order valence-electron chi connectivity index (χ4n) is 3.31. The maximum atomic E-state index is 6.04. The summed E-state index contributed by atoms with van der Waals surface area (Å²) in [6.45, 7) is 2.20. The van der Waals surface area contributed by atoms with Crippen molar-refractivity contribution in [1.29, 1.82) is 0 Å². The van der Waals surface area contributed by atoms with Gasteiger partial charge in [-0.3, -0.25) is 0 Å². The Kier molecular flexibility index (Phi) is 2.92. The SMILES string of the molecule is CC(N)C1CC2CCCC(CC2)C1. The van der Waals surface area contributed by atoms with Gasteiger partial charge in [-0.25, -0.2) is 0 Å². The van der Waals surface area contributed by atoms with E-state index in [9.17, 15) is 0 Å². The van der Waals surface area contributed by atoms with E-state index in [1.54, 1.807) is 0 Å². The lowest BCUT2D eigenvalue weighted by molar-refractivity contribution is 0.270. The average molecular weight is 181 g/mol. The molecule has 76 valence electrons. The van der Waals surface area contributed by atoms with E-state index in [1.165, 1.54) is 44.9 Å². The molecular weight excluding hydrogens is 158 g/mol. The third kappa shape index (κ3) is 2.25. The Hall–Kier alpha value is -0.0400. The predicted octanol–water partition coefficient (Wildman–Crippen LogP) is 2.94. The van der Waals surface area contributed by atoms with Crippen molar-refractivity contribution in [1.82, 2.24) is 0 Å². The normalized spacial score (nSPS) is 42.5. The third-order valence-electron chi connectivity index (χ3n) is 4.22. The van der Waals surface area contributed by atoms with Crippen LogP contribution in [0, 0.1) is 17.8 Å². The molecule has 0 aromatic carbocycles. The Morgan fingerprint density at radius 1 is 1.00 bits per heavy atom. The molecule has 0 amide bonds. The van der Waals surface area contributed by atoms with Crippen molar-refractivity contribution < 1.29 is 0 Å². The van der Waals surface area contributed by atoms with Gasteiger partial charge in [0.1, 0.15) is 0 Å². The standard InChI is InChI=1S/C12H23N/c1-9(13)12-7-10-3-2-4-11(8-12)6-5-10/h9-12H,2-8,13H2,1H3. The van der Waals surface area contributed by atoms with Crippen LogP contribution in [0.5, 0.6) is 0 Å². The summed E-state index contributed by atoms with van der Waals surface area (Å²) in [7, 11) is 0. The minimum atomic E-state index is 0.432. The van der Waals surface area contributed by atoms with E-state index < -0.39 is 0 Å². The van der Waals surface area contributed by atoms with Gasteiger partial charge in [0, 0.05) is 6.04 Å². The second-order valence-corrected chi connectivity index (χ2v) is 5.33. The molecule has 2 N–H and O–H groups in total. The van der Waals surface area contributed by atoms with Gasteiger partial charge in [-0.1, -0.05) is 32.1 Å². The zero-order chi connectivity index (χ0) is 9.26. The van der Waals surface area contributed by atoms with Crippen molar-refractivity contribution in [3.63, 3.8) is 0 Å². The highest BCUT2D eigenvalue weighted by Gasteiger charge is 2.29. The highest BCUT2D eigenvalue weighted by Crippen LogP contribution is 2.40. The summed E-state index contributed by atoms with van der Waals surface area (Å²) in [5.41, 5.74) is 6.04. The van der Waals surface area contributed by atoms with Crippen LogP contribution in [0.25, 0.3) is 0 Å². The summed E-state index contributed by atoms with van der Waals surface area (Å²) in [5.74, 6) is 2.87. The molecule has 2 rings (SSSR count). The van der Waals surface area contributed by atoms with Crippen LogP contribution in [0.4, 0.5) is 0 Å². The second kappa shape index (κ2) is 4.00. The Morgan fingerprint density at radius 3 is 2.00 bits per heavy atom. The molecule has 3 atom stereocenters. The van der Waals surface area contributed by atoms with Crippen LogP contribution >= 0.6 is 0 Å². The van der Waals surface area contributed by atoms with E-state index >= 15 is 0 Å². The largest absolute Gasteiger partial charge is 0.328 e. The van der Waals surface area contributed by atoms with E-state index in [-0.39, 0.29) is 0 Å². The lowest BCUT2D eigenvalue weighted by atomic mass is 9.81. The van der Waals surface area contributed by atoms with Crippen LogP contribution in [0.3, 0.4) is 0 Å². The van der Waals surface area contributed by atoms with Crippen LogP contribution in [0.15, 0.2) is 0 Å². The Balaban J connectivity index is 2.03. The molecule has 2 aliphatic carbocycles. The van der Waals surface area contributed by atoms with E-state index in [2.05, 4.69) is 6.92 Å². The van der Waals surface area contributed by atoms with Gasteiger partial charge >= 0.3 is 0 Å². The fraction of sp³-hybridized carbons (Fsp3) is 1.00. The molecule has 0 aliphatic heterocycles. The molecule has 2 saturated carbocycles. The number of fused-ring (bicyclic) bond motifs is 3. The molecule has 0 radical (unpaired) electrons.